The van der Waals surface area contributed by atoms with Crippen LogP contribution in [0.2, 0.25) is 5.02 Å². The number of likely N-dealkylation sites (tertiary alicyclic amines) is 1. The van der Waals surface area contributed by atoms with Crippen molar-refractivity contribution in [2.75, 3.05) is 26.2 Å². The lowest BCUT2D eigenvalue weighted by Crippen LogP contribution is -2.53. The molecule has 1 heterocycles. The van der Waals surface area contributed by atoms with E-state index in [9.17, 15) is 4.79 Å². The van der Waals surface area contributed by atoms with Crippen LogP contribution in [0, 0.1) is 5.41 Å². The van der Waals surface area contributed by atoms with Gasteiger partial charge in [-0.3, -0.25) is 9.69 Å². The summed E-state index contributed by atoms with van der Waals surface area (Å²) in [5.41, 5.74) is 5.80. The Labute approximate surface area is 155 Å². The molecule has 0 unspecified atom stereocenters. The molecule has 0 radical (unpaired) electrons. The Morgan fingerprint density at radius 1 is 1.32 bits per heavy atom. The minimum absolute atomic E-state index is 0.0444. The Kier molecular flexibility index (Phi) is 7.11. The van der Waals surface area contributed by atoms with Crippen LogP contribution in [-0.2, 0) is 4.79 Å². The van der Waals surface area contributed by atoms with Crippen LogP contribution in [0.3, 0.4) is 0 Å². The summed E-state index contributed by atoms with van der Waals surface area (Å²) in [5.74, 6) is 0.791. The van der Waals surface area contributed by atoms with E-state index in [2.05, 4.69) is 10.2 Å². The van der Waals surface area contributed by atoms with E-state index in [-0.39, 0.29) is 17.4 Å². The van der Waals surface area contributed by atoms with Crippen molar-refractivity contribution in [3.05, 3.63) is 29.3 Å². The van der Waals surface area contributed by atoms with Crippen molar-refractivity contribution >= 4 is 17.5 Å². The molecule has 5 nitrogen and oxygen atoms in total. The van der Waals surface area contributed by atoms with Crippen molar-refractivity contribution in [3.63, 3.8) is 0 Å². The molecule has 0 aromatic heterocycles. The molecule has 25 heavy (non-hydrogen) atoms. The molecule has 1 aliphatic rings. The second-order valence-corrected chi connectivity index (χ2v) is 8.21. The van der Waals surface area contributed by atoms with E-state index in [4.69, 9.17) is 22.1 Å². The first-order valence-corrected chi connectivity index (χ1v) is 9.30. The van der Waals surface area contributed by atoms with E-state index in [1.807, 2.05) is 45.0 Å². The normalized spacial score (nSPS) is 18.0. The first kappa shape index (κ1) is 20.0. The van der Waals surface area contributed by atoms with Crippen LogP contribution in [0.15, 0.2) is 24.3 Å². The Hall–Kier alpha value is -1.30. The molecule has 0 saturated carbocycles. The lowest BCUT2D eigenvalue weighted by atomic mass is 9.86. The molecule has 0 aliphatic carbocycles. The monoisotopic (exact) mass is 367 g/mol. The zero-order valence-corrected chi connectivity index (χ0v) is 16.2. The smallest absolute Gasteiger partial charge is 0.237 e. The minimum atomic E-state index is -0.474. The first-order valence-electron chi connectivity index (χ1n) is 8.92. The molecule has 140 valence electrons. The molecule has 2 rings (SSSR count). The van der Waals surface area contributed by atoms with Gasteiger partial charge in [-0.2, -0.15) is 0 Å². The lowest BCUT2D eigenvalue weighted by molar-refractivity contribution is -0.125. The summed E-state index contributed by atoms with van der Waals surface area (Å²) in [6.45, 7) is 9.40. The summed E-state index contributed by atoms with van der Waals surface area (Å²) >= 11 is 5.86. The SMILES string of the molecule is CC(C)(C)[C@H](N)C(=O)NC1CCN(CCOc2ccc(Cl)cc2)CC1. The summed E-state index contributed by atoms with van der Waals surface area (Å²) in [6, 6.07) is 7.15. The maximum absolute atomic E-state index is 12.2. The fourth-order valence-electron chi connectivity index (χ4n) is 2.81. The van der Waals surface area contributed by atoms with Crippen molar-refractivity contribution in [1.82, 2.24) is 10.2 Å². The van der Waals surface area contributed by atoms with Crippen LogP contribution in [0.5, 0.6) is 5.75 Å². The molecule has 0 bridgehead atoms. The maximum atomic E-state index is 12.2. The lowest BCUT2D eigenvalue weighted by Gasteiger charge is -2.34. The number of carbonyl (C=O) groups is 1. The van der Waals surface area contributed by atoms with Crippen LogP contribution < -0.4 is 15.8 Å². The van der Waals surface area contributed by atoms with E-state index in [0.29, 0.717) is 11.6 Å². The van der Waals surface area contributed by atoms with Gasteiger partial charge in [0.05, 0.1) is 6.04 Å². The number of rotatable bonds is 6. The fraction of sp³-hybridized carbons (Fsp3) is 0.632. The van der Waals surface area contributed by atoms with E-state index in [1.54, 1.807) is 0 Å². The van der Waals surface area contributed by atoms with Crippen LogP contribution in [0.1, 0.15) is 33.6 Å². The third-order valence-corrected chi connectivity index (χ3v) is 4.89. The second-order valence-electron chi connectivity index (χ2n) is 7.77. The number of ether oxygens (including phenoxy) is 1. The molecule has 1 aromatic rings. The Morgan fingerprint density at radius 3 is 2.48 bits per heavy atom. The summed E-state index contributed by atoms with van der Waals surface area (Å²) in [7, 11) is 0. The molecular weight excluding hydrogens is 338 g/mol. The molecule has 1 atom stereocenters. The third kappa shape index (κ3) is 6.49. The van der Waals surface area contributed by atoms with Crippen molar-refractivity contribution in [1.29, 1.82) is 0 Å². The molecule has 1 amide bonds. The Morgan fingerprint density at radius 2 is 1.92 bits per heavy atom. The Balaban J connectivity index is 1.66. The maximum Gasteiger partial charge on any atom is 0.237 e. The molecule has 3 N–H and O–H groups in total. The highest BCUT2D eigenvalue weighted by atomic mass is 35.5. The molecule has 1 saturated heterocycles. The molecule has 1 aromatic carbocycles. The molecular formula is C19H30ClN3O2. The highest BCUT2D eigenvalue weighted by Gasteiger charge is 2.29. The van der Waals surface area contributed by atoms with Crippen molar-refractivity contribution < 1.29 is 9.53 Å². The molecule has 0 spiro atoms. The highest BCUT2D eigenvalue weighted by molar-refractivity contribution is 6.30. The number of carbonyl (C=O) groups excluding carboxylic acids is 1. The van der Waals surface area contributed by atoms with Crippen LogP contribution in [-0.4, -0.2) is 49.1 Å². The predicted octanol–water partition coefficient (Wildman–Crippen LogP) is 2.67. The van der Waals surface area contributed by atoms with Crippen molar-refractivity contribution in [2.45, 2.75) is 45.7 Å². The third-order valence-electron chi connectivity index (χ3n) is 4.64. The van der Waals surface area contributed by atoms with Gasteiger partial charge in [-0.05, 0) is 42.5 Å². The molecule has 1 aliphatic heterocycles. The fourth-order valence-corrected chi connectivity index (χ4v) is 2.93. The van der Waals surface area contributed by atoms with Gasteiger partial charge in [0.1, 0.15) is 12.4 Å². The van der Waals surface area contributed by atoms with Crippen molar-refractivity contribution in [2.24, 2.45) is 11.1 Å². The number of benzene rings is 1. The predicted molar refractivity (Wildman–Crippen MR) is 102 cm³/mol. The number of nitrogens with one attached hydrogen (secondary N) is 1. The number of nitrogens with two attached hydrogens (primary N) is 1. The zero-order valence-electron chi connectivity index (χ0n) is 15.4. The topological polar surface area (TPSA) is 67.6 Å². The largest absolute Gasteiger partial charge is 0.492 e. The number of halogens is 1. The number of nitrogens with zero attached hydrogens (tertiary/aromatic N) is 1. The van der Waals surface area contributed by atoms with Gasteiger partial charge in [-0.1, -0.05) is 32.4 Å². The number of hydrogen-bond acceptors (Lipinski definition) is 4. The van der Waals surface area contributed by atoms with Gasteiger partial charge in [0, 0.05) is 30.7 Å². The van der Waals surface area contributed by atoms with E-state index in [0.717, 1.165) is 38.2 Å². The standard InChI is InChI=1S/C19H30ClN3O2/c1-19(2,3)17(21)18(24)22-15-8-10-23(11-9-15)12-13-25-16-6-4-14(20)5-7-16/h4-7,15,17H,8-13,21H2,1-3H3,(H,22,24)/t17-/m1/s1. The average Bonchev–Trinajstić information content (AvgIpc) is 2.56. The van der Waals surface area contributed by atoms with E-state index < -0.39 is 6.04 Å². The molecule has 6 heteroatoms. The minimum Gasteiger partial charge on any atom is -0.492 e. The van der Waals surface area contributed by atoms with Gasteiger partial charge in [0.15, 0.2) is 0 Å². The van der Waals surface area contributed by atoms with Gasteiger partial charge >= 0.3 is 0 Å². The van der Waals surface area contributed by atoms with Crippen LogP contribution in [0.25, 0.3) is 0 Å². The summed E-state index contributed by atoms with van der Waals surface area (Å²) in [6.07, 6.45) is 1.90. The van der Waals surface area contributed by atoms with Gasteiger partial charge < -0.3 is 15.8 Å². The van der Waals surface area contributed by atoms with Crippen LogP contribution in [0.4, 0.5) is 0 Å². The van der Waals surface area contributed by atoms with Gasteiger partial charge in [0.25, 0.3) is 0 Å². The second kappa shape index (κ2) is 8.88. The van der Waals surface area contributed by atoms with E-state index in [1.165, 1.54) is 0 Å². The number of piperidine rings is 1. The van der Waals surface area contributed by atoms with Crippen LogP contribution >= 0.6 is 11.6 Å². The summed E-state index contributed by atoms with van der Waals surface area (Å²) < 4.78 is 5.74. The average molecular weight is 368 g/mol. The van der Waals surface area contributed by atoms with Gasteiger partial charge in [-0.25, -0.2) is 0 Å². The zero-order chi connectivity index (χ0) is 18.4. The highest BCUT2D eigenvalue weighted by Crippen LogP contribution is 2.19. The van der Waals surface area contributed by atoms with Gasteiger partial charge in [0.2, 0.25) is 5.91 Å². The number of hydrogen-bond donors (Lipinski definition) is 2. The quantitative estimate of drug-likeness (QED) is 0.811. The number of amides is 1. The van der Waals surface area contributed by atoms with Crippen molar-refractivity contribution in [3.8, 4) is 5.75 Å². The first-order chi connectivity index (χ1) is 11.8. The summed E-state index contributed by atoms with van der Waals surface area (Å²) in [4.78, 5) is 14.6. The molecule has 1 fully saturated rings. The van der Waals surface area contributed by atoms with E-state index >= 15 is 0 Å². The Bertz CT molecular complexity index is 549. The van der Waals surface area contributed by atoms with Gasteiger partial charge in [-0.15, -0.1) is 0 Å². The summed E-state index contributed by atoms with van der Waals surface area (Å²) in [5, 5.41) is 3.81.